The van der Waals surface area contributed by atoms with Crippen LogP contribution in [0.3, 0.4) is 0 Å². The standard InChI is InChI=1S/C21H24F2N2O2/c1-15-6-9-17-4-2-3-5-19(17)25(15)14-20(26)24-13-12-16-7-10-18(11-8-16)27-21(22)23/h2-5,7-8,10-11,15,21H,6,9,12-14H2,1H3,(H,24,26)/t15-/m1/s1. The van der Waals surface area contributed by atoms with Crippen LogP contribution in [0.15, 0.2) is 48.5 Å². The zero-order valence-electron chi connectivity index (χ0n) is 15.3. The van der Waals surface area contributed by atoms with E-state index in [0.29, 0.717) is 25.6 Å². The van der Waals surface area contributed by atoms with Crippen LogP contribution >= 0.6 is 0 Å². The van der Waals surface area contributed by atoms with E-state index in [9.17, 15) is 13.6 Å². The number of nitrogens with zero attached hydrogens (tertiary/aromatic N) is 1. The van der Waals surface area contributed by atoms with E-state index in [1.165, 1.54) is 17.7 Å². The zero-order valence-corrected chi connectivity index (χ0v) is 15.3. The summed E-state index contributed by atoms with van der Waals surface area (Å²) < 4.78 is 28.6. The molecule has 0 aliphatic carbocycles. The molecule has 0 fully saturated rings. The van der Waals surface area contributed by atoms with E-state index in [1.807, 2.05) is 12.1 Å². The zero-order chi connectivity index (χ0) is 19.2. The Hall–Kier alpha value is -2.63. The highest BCUT2D eigenvalue weighted by Gasteiger charge is 2.24. The lowest BCUT2D eigenvalue weighted by molar-refractivity contribution is -0.119. The monoisotopic (exact) mass is 374 g/mol. The molecule has 0 saturated heterocycles. The molecule has 1 atom stereocenters. The lowest BCUT2D eigenvalue weighted by atomic mass is 9.96. The number of alkyl halides is 2. The Morgan fingerprint density at radius 1 is 1.22 bits per heavy atom. The van der Waals surface area contributed by atoms with Crippen molar-refractivity contribution in [2.75, 3.05) is 18.0 Å². The van der Waals surface area contributed by atoms with Crippen LogP contribution in [0.2, 0.25) is 0 Å². The first-order valence-electron chi connectivity index (χ1n) is 9.18. The fourth-order valence-electron chi connectivity index (χ4n) is 3.40. The fraction of sp³-hybridized carbons (Fsp3) is 0.381. The van der Waals surface area contributed by atoms with Gasteiger partial charge < -0.3 is 15.0 Å². The van der Waals surface area contributed by atoms with Gasteiger partial charge in [0, 0.05) is 18.3 Å². The van der Waals surface area contributed by atoms with Gasteiger partial charge in [-0.1, -0.05) is 30.3 Å². The molecule has 0 bridgehead atoms. The van der Waals surface area contributed by atoms with Gasteiger partial charge in [-0.25, -0.2) is 0 Å². The summed E-state index contributed by atoms with van der Waals surface area (Å²) in [5.74, 6) is 0.117. The van der Waals surface area contributed by atoms with Gasteiger partial charge in [0.25, 0.3) is 0 Å². The molecular formula is C21H24F2N2O2. The maximum absolute atomic E-state index is 12.4. The molecule has 3 rings (SSSR count). The van der Waals surface area contributed by atoms with E-state index in [-0.39, 0.29) is 11.7 Å². The van der Waals surface area contributed by atoms with Crippen LogP contribution in [0.4, 0.5) is 14.5 Å². The molecule has 1 N–H and O–H groups in total. The van der Waals surface area contributed by atoms with Crippen molar-refractivity contribution in [1.82, 2.24) is 5.32 Å². The van der Waals surface area contributed by atoms with Crippen LogP contribution in [-0.4, -0.2) is 31.7 Å². The number of rotatable bonds is 7. The molecule has 2 aromatic rings. The van der Waals surface area contributed by atoms with Crippen LogP contribution in [-0.2, 0) is 17.6 Å². The number of para-hydroxylation sites is 1. The van der Waals surface area contributed by atoms with E-state index >= 15 is 0 Å². The minimum absolute atomic E-state index is 0.0174. The first-order chi connectivity index (χ1) is 13.0. The molecule has 1 aliphatic rings. The highest BCUT2D eigenvalue weighted by atomic mass is 19.3. The summed E-state index contributed by atoms with van der Waals surface area (Å²) >= 11 is 0. The SMILES string of the molecule is C[C@@H]1CCc2ccccc2N1CC(=O)NCCc1ccc(OC(F)F)cc1. The summed E-state index contributed by atoms with van der Waals surface area (Å²) in [6, 6.07) is 15.0. The maximum atomic E-state index is 12.4. The molecule has 1 amide bonds. The number of ether oxygens (including phenoxy) is 1. The van der Waals surface area contributed by atoms with Crippen molar-refractivity contribution in [3.63, 3.8) is 0 Å². The molecule has 6 heteroatoms. The van der Waals surface area contributed by atoms with Crippen LogP contribution in [0.5, 0.6) is 5.75 Å². The third kappa shape index (κ3) is 5.18. The summed E-state index contributed by atoms with van der Waals surface area (Å²) in [6.45, 7) is 0.154. The van der Waals surface area contributed by atoms with Crippen LogP contribution in [0, 0.1) is 0 Å². The smallest absolute Gasteiger partial charge is 0.387 e. The number of hydrogen-bond acceptors (Lipinski definition) is 3. The van der Waals surface area contributed by atoms with E-state index in [1.54, 1.807) is 12.1 Å². The second-order valence-corrected chi connectivity index (χ2v) is 6.77. The predicted molar refractivity (Wildman–Crippen MR) is 101 cm³/mol. The molecule has 144 valence electrons. The summed E-state index contributed by atoms with van der Waals surface area (Å²) in [7, 11) is 0. The number of hydrogen-bond donors (Lipinski definition) is 1. The molecule has 0 aromatic heterocycles. The maximum Gasteiger partial charge on any atom is 0.387 e. The normalized spacial score (nSPS) is 16.1. The molecule has 4 nitrogen and oxygen atoms in total. The third-order valence-corrected chi connectivity index (χ3v) is 4.86. The summed E-state index contributed by atoms with van der Waals surface area (Å²) in [4.78, 5) is 14.5. The minimum Gasteiger partial charge on any atom is -0.435 e. The quantitative estimate of drug-likeness (QED) is 0.802. The van der Waals surface area contributed by atoms with E-state index in [4.69, 9.17) is 0 Å². The Morgan fingerprint density at radius 3 is 2.70 bits per heavy atom. The second kappa shape index (κ2) is 8.84. The number of benzene rings is 2. The van der Waals surface area contributed by atoms with Crippen LogP contribution in [0.1, 0.15) is 24.5 Å². The average molecular weight is 374 g/mol. The Bertz CT molecular complexity index is 765. The van der Waals surface area contributed by atoms with Crippen molar-refractivity contribution in [3.8, 4) is 5.75 Å². The minimum atomic E-state index is -2.82. The lowest BCUT2D eigenvalue weighted by Gasteiger charge is -2.36. The van der Waals surface area contributed by atoms with Gasteiger partial charge in [-0.3, -0.25) is 4.79 Å². The summed E-state index contributed by atoms with van der Waals surface area (Å²) in [5, 5.41) is 2.94. The van der Waals surface area contributed by atoms with Crippen molar-refractivity contribution in [2.45, 2.75) is 38.8 Å². The summed E-state index contributed by atoms with van der Waals surface area (Å²) in [6.07, 6.45) is 2.71. The Labute approximate surface area is 158 Å². The van der Waals surface area contributed by atoms with E-state index < -0.39 is 6.61 Å². The topological polar surface area (TPSA) is 41.6 Å². The van der Waals surface area contributed by atoms with E-state index in [0.717, 1.165) is 24.1 Å². The average Bonchev–Trinajstić information content (AvgIpc) is 2.65. The van der Waals surface area contributed by atoms with Gasteiger partial charge in [0.1, 0.15) is 5.75 Å². The van der Waals surface area contributed by atoms with Gasteiger partial charge in [-0.05, 0) is 55.5 Å². The number of carbonyl (C=O) groups is 1. The van der Waals surface area contributed by atoms with Gasteiger partial charge in [-0.15, -0.1) is 0 Å². The number of nitrogens with one attached hydrogen (secondary N) is 1. The van der Waals surface area contributed by atoms with E-state index in [2.05, 4.69) is 34.0 Å². The number of aryl methyl sites for hydroxylation is 1. The number of halogens is 2. The molecular weight excluding hydrogens is 350 g/mol. The predicted octanol–water partition coefficient (Wildman–Crippen LogP) is 3.79. The summed E-state index contributed by atoms with van der Waals surface area (Å²) in [5.41, 5.74) is 3.38. The van der Waals surface area contributed by atoms with Gasteiger partial charge in [0.15, 0.2) is 0 Å². The fourth-order valence-corrected chi connectivity index (χ4v) is 3.40. The number of anilines is 1. The van der Waals surface area contributed by atoms with Crippen molar-refractivity contribution < 1.29 is 18.3 Å². The molecule has 0 radical (unpaired) electrons. The first-order valence-corrected chi connectivity index (χ1v) is 9.18. The Morgan fingerprint density at radius 2 is 1.96 bits per heavy atom. The number of amides is 1. The third-order valence-electron chi connectivity index (χ3n) is 4.86. The Kier molecular flexibility index (Phi) is 6.27. The van der Waals surface area contributed by atoms with Gasteiger partial charge in [0.2, 0.25) is 5.91 Å². The lowest BCUT2D eigenvalue weighted by Crippen LogP contribution is -2.44. The van der Waals surface area contributed by atoms with Crippen molar-refractivity contribution >= 4 is 11.6 Å². The molecule has 0 unspecified atom stereocenters. The van der Waals surface area contributed by atoms with Crippen molar-refractivity contribution in [2.24, 2.45) is 0 Å². The second-order valence-electron chi connectivity index (χ2n) is 6.77. The molecule has 0 saturated carbocycles. The van der Waals surface area contributed by atoms with Crippen molar-refractivity contribution in [1.29, 1.82) is 0 Å². The molecule has 0 spiro atoms. The molecule has 2 aromatic carbocycles. The van der Waals surface area contributed by atoms with Crippen LogP contribution < -0.4 is 15.0 Å². The van der Waals surface area contributed by atoms with Gasteiger partial charge in [0.05, 0.1) is 6.54 Å². The first kappa shape index (κ1) is 19.1. The van der Waals surface area contributed by atoms with Gasteiger partial charge >= 0.3 is 6.61 Å². The number of fused-ring (bicyclic) bond motifs is 1. The largest absolute Gasteiger partial charge is 0.435 e. The van der Waals surface area contributed by atoms with Gasteiger partial charge in [-0.2, -0.15) is 8.78 Å². The van der Waals surface area contributed by atoms with Crippen molar-refractivity contribution in [3.05, 3.63) is 59.7 Å². The highest BCUT2D eigenvalue weighted by Crippen LogP contribution is 2.29. The van der Waals surface area contributed by atoms with Crippen LogP contribution in [0.25, 0.3) is 0 Å². The molecule has 27 heavy (non-hydrogen) atoms. The highest BCUT2D eigenvalue weighted by molar-refractivity contribution is 5.82. The molecule has 1 aliphatic heterocycles. The Balaban J connectivity index is 1.49. The number of carbonyl (C=O) groups excluding carboxylic acids is 1. The molecule has 1 heterocycles.